The van der Waals surface area contributed by atoms with Crippen molar-refractivity contribution in [1.29, 1.82) is 0 Å². The SMILES string of the molecule is CC(C)(CCO)CNS(=O)(=O)c1cnc(Cl)c(Cl)c1. The van der Waals surface area contributed by atoms with Gasteiger partial charge in [-0.3, -0.25) is 0 Å². The van der Waals surface area contributed by atoms with Crippen LogP contribution in [0.25, 0.3) is 0 Å². The molecule has 1 aromatic heterocycles. The summed E-state index contributed by atoms with van der Waals surface area (Å²) in [6, 6.07) is 1.25. The van der Waals surface area contributed by atoms with Crippen molar-refractivity contribution >= 4 is 33.2 Å². The smallest absolute Gasteiger partial charge is 0.242 e. The van der Waals surface area contributed by atoms with Crippen LogP contribution in [0.15, 0.2) is 17.2 Å². The van der Waals surface area contributed by atoms with E-state index in [0.29, 0.717) is 6.42 Å². The molecule has 8 heteroatoms. The normalized spacial score (nSPS) is 12.7. The van der Waals surface area contributed by atoms with Gasteiger partial charge < -0.3 is 5.11 Å². The highest BCUT2D eigenvalue weighted by Gasteiger charge is 2.22. The van der Waals surface area contributed by atoms with Crippen molar-refractivity contribution in [2.45, 2.75) is 25.2 Å². The molecule has 0 saturated heterocycles. The van der Waals surface area contributed by atoms with Gasteiger partial charge in [0.25, 0.3) is 0 Å². The van der Waals surface area contributed by atoms with Crippen molar-refractivity contribution in [1.82, 2.24) is 9.71 Å². The minimum Gasteiger partial charge on any atom is -0.396 e. The number of sulfonamides is 1. The molecule has 0 unspecified atom stereocenters. The van der Waals surface area contributed by atoms with Crippen LogP contribution in [0.4, 0.5) is 0 Å². The third kappa shape index (κ3) is 4.89. The minimum atomic E-state index is -3.69. The summed E-state index contributed by atoms with van der Waals surface area (Å²) in [6.45, 7) is 3.93. The Bertz CT molecular complexity index is 547. The molecule has 0 bridgehead atoms. The molecule has 0 atom stereocenters. The third-order valence-electron chi connectivity index (χ3n) is 2.61. The largest absolute Gasteiger partial charge is 0.396 e. The van der Waals surface area contributed by atoms with Gasteiger partial charge in [0.05, 0.1) is 5.02 Å². The van der Waals surface area contributed by atoms with E-state index < -0.39 is 10.0 Å². The van der Waals surface area contributed by atoms with E-state index in [2.05, 4.69) is 9.71 Å². The summed E-state index contributed by atoms with van der Waals surface area (Å²) < 4.78 is 26.5. The van der Waals surface area contributed by atoms with Crippen molar-refractivity contribution in [2.75, 3.05) is 13.2 Å². The molecule has 0 radical (unpaired) electrons. The van der Waals surface area contributed by atoms with Crippen molar-refractivity contribution in [3.05, 3.63) is 22.4 Å². The van der Waals surface area contributed by atoms with Crippen LogP contribution in [0, 0.1) is 5.41 Å². The van der Waals surface area contributed by atoms with Crippen molar-refractivity contribution in [3.8, 4) is 0 Å². The summed E-state index contributed by atoms with van der Waals surface area (Å²) in [5.74, 6) is 0. The van der Waals surface area contributed by atoms with Crippen molar-refractivity contribution < 1.29 is 13.5 Å². The zero-order valence-corrected chi connectivity index (χ0v) is 13.0. The number of halogens is 2. The monoisotopic (exact) mass is 326 g/mol. The first-order valence-corrected chi connectivity index (χ1v) is 7.83. The average Bonchev–Trinajstić information content (AvgIpc) is 2.30. The van der Waals surface area contributed by atoms with E-state index in [0.717, 1.165) is 6.20 Å². The molecule has 0 aliphatic heterocycles. The molecular weight excluding hydrogens is 311 g/mol. The van der Waals surface area contributed by atoms with Crippen LogP contribution in [0.1, 0.15) is 20.3 Å². The van der Waals surface area contributed by atoms with Gasteiger partial charge in [0.2, 0.25) is 10.0 Å². The molecule has 0 fully saturated rings. The van der Waals surface area contributed by atoms with E-state index in [1.54, 1.807) is 0 Å². The van der Waals surface area contributed by atoms with Crippen LogP contribution in [0.3, 0.4) is 0 Å². The Morgan fingerprint density at radius 3 is 2.58 bits per heavy atom. The molecule has 1 aromatic rings. The second kappa shape index (κ2) is 6.37. The maximum absolute atomic E-state index is 12.0. The zero-order chi connectivity index (χ0) is 14.7. The lowest BCUT2D eigenvalue weighted by molar-refractivity contribution is 0.213. The number of aliphatic hydroxyl groups excluding tert-OH is 1. The molecule has 0 spiro atoms. The molecule has 0 aliphatic carbocycles. The number of nitrogens with one attached hydrogen (secondary N) is 1. The Morgan fingerprint density at radius 1 is 1.42 bits per heavy atom. The van der Waals surface area contributed by atoms with Crippen LogP contribution < -0.4 is 4.72 Å². The third-order valence-corrected chi connectivity index (χ3v) is 4.67. The summed E-state index contributed by atoms with van der Waals surface area (Å²) in [4.78, 5) is 3.66. The summed E-state index contributed by atoms with van der Waals surface area (Å²) in [7, 11) is -3.69. The molecule has 0 aromatic carbocycles. The lowest BCUT2D eigenvalue weighted by atomic mass is 9.90. The number of hydrogen-bond acceptors (Lipinski definition) is 4. The first kappa shape index (κ1) is 16.7. The molecule has 1 heterocycles. The second-order valence-electron chi connectivity index (χ2n) is 4.91. The number of aliphatic hydroxyl groups is 1. The van der Waals surface area contributed by atoms with Gasteiger partial charge in [0.15, 0.2) is 0 Å². The number of pyridine rings is 1. The fourth-order valence-electron chi connectivity index (χ4n) is 1.32. The Balaban J connectivity index is 2.84. The number of hydrogen-bond donors (Lipinski definition) is 2. The van der Waals surface area contributed by atoms with E-state index in [1.807, 2.05) is 13.8 Å². The highest BCUT2D eigenvalue weighted by Crippen LogP contribution is 2.23. The number of rotatable bonds is 6. The van der Waals surface area contributed by atoms with Gasteiger partial charge in [-0.05, 0) is 17.9 Å². The van der Waals surface area contributed by atoms with Gasteiger partial charge in [-0.15, -0.1) is 0 Å². The standard InChI is InChI=1S/C11H16Cl2N2O3S/c1-11(2,3-4-16)7-15-19(17,18)8-5-9(12)10(13)14-6-8/h5-6,15-16H,3-4,7H2,1-2H3. The van der Waals surface area contributed by atoms with E-state index in [9.17, 15) is 8.42 Å². The van der Waals surface area contributed by atoms with E-state index >= 15 is 0 Å². The van der Waals surface area contributed by atoms with Crippen LogP contribution in [-0.4, -0.2) is 31.7 Å². The van der Waals surface area contributed by atoms with Gasteiger partial charge in [-0.25, -0.2) is 18.1 Å². The van der Waals surface area contributed by atoms with Gasteiger partial charge in [0, 0.05) is 19.3 Å². The highest BCUT2D eigenvalue weighted by atomic mass is 35.5. The molecule has 5 nitrogen and oxygen atoms in total. The predicted octanol–water partition coefficient (Wildman–Crippen LogP) is 2.08. The summed E-state index contributed by atoms with van der Waals surface area (Å²) in [5.41, 5.74) is -0.342. The first-order chi connectivity index (χ1) is 8.68. The van der Waals surface area contributed by atoms with E-state index in [4.69, 9.17) is 28.3 Å². The van der Waals surface area contributed by atoms with Crippen LogP contribution >= 0.6 is 23.2 Å². The molecule has 0 amide bonds. The van der Waals surface area contributed by atoms with Crippen molar-refractivity contribution in [2.24, 2.45) is 5.41 Å². The Labute approximate surface area is 123 Å². The Kier molecular flexibility index (Phi) is 5.58. The molecule has 19 heavy (non-hydrogen) atoms. The van der Waals surface area contributed by atoms with E-state index in [1.165, 1.54) is 6.07 Å². The second-order valence-corrected chi connectivity index (χ2v) is 7.44. The lowest BCUT2D eigenvalue weighted by Gasteiger charge is -2.23. The first-order valence-electron chi connectivity index (χ1n) is 5.59. The molecule has 0 aliphatic rings. The van der Waals surface area contributed by atoms with Crippen molar-refractivity contribution in [3.63, 3.8) is 0 Å². The average molecular weight is 327 g/mol. The molecular formula is C11H16Cl2N2O3S. The molecule has 1 rings (SSSR count). The molecule has 0 saturated carbocycles. The topological polar surface area (TPSA) is 79.3 Å². The Hall–Kier alpha value is -0.400. The van der Waals surface area contributed by atoms with Gasteiger partial charge in [0.1, 0.15) is 10.0 Å². The van der Waals surface area contributed by atoms with E-state index in [-0.39, 0.29) is 33.6 Å². The predicted molar refractivity (Wildman–Crippen MR) is 74.9 cm³/mol. The summed E-state index contributed by atoms with van der Waals surface area (Å²) in [5, 5.41) is 9.04. The zero-order valence-electron chi connectivity index (χ0n) is 10.7. The van der Waals surface area contributed by atoms with Gasteiger partial charge in [-0.1, -0.05) is 37.0 Å². The highest BCUT2D eigenvalue weighted by molar-refractivity contribution is 7.89. The minimum absolute atomic E-state index is 0.00303. The lowest BCUT2D eigenvalue weighted by Crippen LogP contribution is -2.34. The summed E-state index contributed by atoms with van der Waals surface area (Å²) >= 11 is 11.4. The Morgan fingerprint density at radius 2 is 2.05 bits per heavy atom. The fourth-order valence-corrected chi connectivity index (χ4v) is 2.86. The maximum Gasteiger partial charge on any atom is 0.242 e. The summed E-state index contributed by atoms with van der Waals surface area (Å²) in [6.07, 6.45) is 1.64. The fraction of sp³-hybridized carbons (Fsp3) is 0.545. The van der Waals surface area contributed by atoms with Gasteiger partial charge in [-0.2, -0.15) is 0 Å². The van der Waals surface area contributed by atoms with Gasteiger partial charge >= 0.3 is 0 Å². The quantitative estimate of drug-likeness (QED) is 0.784. The molecule has 2 N–H and O–H groups in total. The number of nitrogens with zero attached hydrogens (tertiary/aromatic N) is 1. The van der Waals surface area contributed by atoms with Crippen LogP contribution in [-0.2, 0) is 10.0 Å². The molecule has 108 valence electrons. The number of aromatic nitrogens is 1. The van der Waals surface area contributed by atoms with Crippen LogP contribution in [0.5, 0.6) is 0 Å². The maximum atomic E-state index is 12.0. The van der Waals surface area contributed by atoms with Crippen LogP contribution in [0.2, 0.25) is 10.2 Å².